The summed E-state index contributed by atoms with van der Waals surface area (Å²) in [7, 11) is -3.03. The molecule has 0 radical (unpaired) electrons. The van der Waals surface area contributed by atoms with Gasteiger partial charge < -0.3 is 10.2 Å². The van der Waals surface area contributed by atoms with Crippen molar-refractivity contribution in [2.75, 3.05) is 31.9 Å². The van der Waals surface area contributed by atoms with E-state index in [4.69, 9.17) is 19.8 Å². The third-order valence-corrected chi connectivity index (χ3v) is 6.29. The van der Waals surface area contributed by atoms with E-state index < -0.39 is 22.0 Å². The standard InChI is InChI=1S/C14H21BrN2O2S.C2H2O4/c1-2-11-20(18,19)17-9-7-16(8-10-17)12-13-3-5-14(15)6-4-13;3-1(4)2(5)6/h3-6H,2,7-12H2,1H3;(H,3,4)(H,5,6). The molecule has 26 heavy (non-hydrogen) atoms. The molecule has 1 heterocycles. The van der Waals surface area contributed by atoms with Crippen LogP contribution in [0.4, 0.5) is 0 Å². The Morgan fingerprint density at radius 3 is 1.96 bits per heavy atom. The van der Waals surface area contributed by atoms with Gasteiger partial charge >= 0.3 is 11.9 Å². The van der Waals surface area contributed by atoms with E-state index in [9.17, 15) is 8.42 Å². The Morgan fingerprint density at radius 2 is 1.54 bits per heavy atom. The normalized spacial score (nSPS) is 15.8. The van der Waals surface area contributed by atoms with E-state index in [1.807, 2.05) is 19.1 Å². The number of carboxylic acid groups (broad SMARTS) is 2. The maximum Gasteiger partial charge on any atom is 0.414 e. The number of halogens is 1. The van der Waals surface area contributed by atoms with Gasteiger partial charge in [-0.25, -0.2) is 18.0 Å². The molecule has 1 fully saturated rings. The molecule has 0 amide bonds. The van der Waals surface area contributed by atoms with Gasteiger partial charge in [-0.05, 0) is 24.1 Å². The first kappa shape index (κ1) is 22.6. The van der Waals surface area contributed by atoms with Crippen LogP contribution in [0.25, 0.3) is 0 Å². The van der Waals surface area contributed by atoms with Gasteiger partial charge in [-0.1, -0.05) is 35.0 Å². The van der Waals surface area contributed by atoms with Gasteiger partial charge in [0.05, 0.1) is 5.75 Å². The van der Waals surface area contributed by atoms with E-state index in [0.29, 0.717) is 19.5 Å². The molecule has 0 aliphatic carbocycles. The van der Waals surface area contributed by atoms with Crippen LogP contribution < -0.4 is 0 Å². The van der Waals surface area contributed by atoms with Gasteiger partial charge in [-0.3, -0.25) is 4.90 Å². The summed E-state index contributed by atoms with van der Waals surface area (Å²) >= 11 is 3.43. The molecule has 2 N–H and O–H groups in total. The third-order valence-electron chi connectivity index (χ3n) is 3.69. The van der Waals surface area contributed by atoms with Crippen LogP contribution >= 0.6 is 15.9 Å². The molecule has 1 saturated heterocycles. The Hall–Kier alpha value is -1.49. The van der Waals surface area contributed by atoms with Gasteiger partial charge in [0.25, 0.3) is 0 Å². The lowest BCUT2D eigenvalue weighted by molar-refractivity contribution is -0.159. The third kappa shape index (κ3) is 7.81. The Balaban J connectivity index is 0.000000487. The second kappa shape index (κ2) is 10.6. The van der Waals surface area contributed by atoms with Crippen molar-refractivity contribution < 1.29 is 28.2 Å². The van der Waals surface area contributed by atoms with Crippen LogP contribution in [0.3, 0.4) is 0 Å². The molecule has 0 bridgehead atoms. The molecular weight excluding hydrogens is 428 g/mol. The molecule has 1 aromatic rings. The van der Waals surface area contributed by atoms with Crippen molar-refractivity contribution in [1.29, 1.82) is 0 Å². The lowest BCUT2D eigenvalue weighted by atomic mass is 10.2. The van der Waals surface area contributed by atoms with Gasteiger partial charge in [-0.2, -0.15) is 4.31 Å². The van der Waals surface area contributed by atoms with Crippen molar-refractivity contribution in [3.63, 3.8) is 0 Å². The topological polar surface area (TPSA) is 115 Å². The minimum Gasteiger partial charge on any atom is -0.473 e. The zero-order valence-electron chi connectivity index (χ0n) is 14.5. The Bertz CT molecular complexity index is 688. The van der Waals surface area contributed by atoms with Crippen LogP contribution in [-0.4, -0.2) is 71.7 Å². The molecule has 10 heteroatoms. The Kier molecular flexibility index (Phi) is 9.20. The van der Waals surface area contributed by atoms with Gasteiger partial charge in [0.1, 0.15) is 0 Å². The number of hydrogen-bond acceptors (Lipinski definition) is 5. The predicted octanol–water partition coefficient (Wildman–Crippen LogP) is 1.46. The summed E-state index contributed by atoms with van der Waals surface area (Å²) in [5, 5.41) is 14.8. The van der Waals surface area contributed by atoms with Gasteiger partial charge in [-0.15, -0.1) is 0 Å². The number of piperazine rings is 1. The highest BCUT2D eigenvalue weighted by Crippen LogP contribution is 2.14. The van der Waals surface area contributed by atoms with E-state index >= 15 is 0 Å². The summed E-state index contributed by atoms with van der Waals surface area (Å²) in [5.41, 5.74) is 1.26. The zero-order valence-corrected chi connectivity index (χ0v) is 16.9. The number of sulfonamides is 1. The number of carbonyl (C=O) groups is 2. The monoisotopic (exact) mass is 450 g/mol. The number of carboxylic acids is 2. The number of nitrogens with zero attached hydrogens (tertiary/aromatic N) is 2. The lowest BCUT2D eigenvalue weighted by Crippen LogP contribution is -2.48. The Labute approximate surface area is 161 Å². The highest BCUT2D eigenvalue weighted by atomic mass is 79.9. The smallest absolute Gasteiger partial charge is 0.414 e. The largest absolute Gasteiger partial charge is 0.473 e. The first-order valence-corrected chi connectivity index (χ1v) is 10.5. The molecule has 8 nitrogen and oxygen atoms in total. The number of hydrogen-bond donors (Lipinski definition) is 2. The van der Waals surface area contributed by atoms with E-state index in [1.165, 1.54) is 5.56 Å². The van der Waals surface area contributed by atoms with E-state index in [0.717, 1.165) is 24.1 Å². The van der Waals surface area contributed by atoms with Crippen molar-refractivity contribution in [3.8, 4) is 0 Å². The highest BCUT2D eigenvalue weighted by molar-refractivity contribution is 9.10. The SMILES string of the molecule is CCCS(=O)(=O)N1CCN(Cc2ccc(Br)cc2)CC1.O=C(O)C(=O)O. The molecule has 2 rings (SSSR count). The van der Waals surface area contributed by atoms with Gasteiger partial charge in [0, 0.05) is 37.2 Å². The Morgan fingerprint density at radius 1 is 1.04 bits per heavy atom. The quantitative estimate of drug-likeness (QED) is 0.652. The molecule has 0 saturated carbocycles. The molecule has 1 aromatic carbocycles. The van der Waals surface area contributed by atoms with E-state index in [1.54, 1.807) is 4.31 Å². The molecule has 0 unspecified atom stereocenters. The summed E-state index contributed by atoms with van der Waals surface area (Å²) in [6.07, 6.45) is 0.682. The van der Waals surface area contributed by atoms with Crippen LogP contribution in [0.2, 0.25) is 0 Å². The summed E-state index contributed by atoms with van der Waals surface area (Å²) in [6.45, 7) is 5.62. The van der Waals surface area contributed by atoms with Crippen molar-refractivity contribution in [3.05, 3.63) is 34.3 Å². The fourth-order valence-corrected chi connectivity index (χ4v) is 4.16. The highest BCUT2D eigenvalue weighted by Gasteiger charge is 2.25. The number of benzene rings is 1. The van der Waals surface area contributed by atoms with Gasteiger partial charge in [0.15, 0.2) is 0 Å². The van der Waals surface area contributed by atoms with Crippen molar-refractivity contribution in [1.82, 2.24) is 9.21 Å². The van der Waals surface area contributed by atoms with Crippen molar-refractivity contribution in [2.24, 2.45) is 0 Å². The molecule has 0 spiro atoms. The molecule has 1 aliphatic rings. The van der Waals surface area contributed by atoms with Crippen LogP contribution in [0.5, 0.6) is 0 Å². The second-order valence-electron chi connectivity index (χ2n) is 5.73. The summed E-state index contributed by atoms with van der Waals surface area (Å²) < 4.78 is 26.7. The molecule has 0 aromatic heterocycles. The molecule has 0 atom stereocenters. The van der Waals surface area contributed by atoms with Crippen LogP contribution in [0, 0.1) is 0 Å². The molecule has 146 valence electrons. The summed E-state index contributed by atoms with van der Waals surface area (Å²) in [4.78, 5) is 20.5. The van der Waals surface area contributed by atoms with Gasteiger partial charge in [0.2, 0.25) is 10.0 Å². The predicted molar refractivity (Wildman–Crippen MR) is 100 cm³/mol. The zero-order chi connectivity index (χ0) is 19.7. The maximum absolute atomic E-state index is 12.0. The van der Waals surface area contributed by atoms with Crippen LogP contribution in [0.15, 0.2) is 28.7 Å². The second-order valence-corrected chi connectivity index (χ2v) is 8.73. The fraction of sp³-hybridized carbons (Fsp3) is 0.500. The van der Waals surface area contributed by atoms with E-state index in [-0.39, 0.29) is 5.75 Å². The van der Waals surface area contributed by atoms with Crippen molar-refractivity contribution in [2.45, 2.75) is 19.9 Å². The summed E-state index contributed by atoms with van der Waals surface area (Å²) in [5.74, 6) is -3.38. The summed E-state index contributed by atoms with van der Waals surface area (Å²) in [6, 6.07) is 8.28. The van der Waals surface area contributed by atoms with Crippen LogP contribution in [0.1, 0.15) is 18.9 Å². The first-order valence-electron chi connectivity index (χ1n) is 8.06. The fourth-order valence-electron chi connectivity index (χ4n) is 2.40. The number of aliphatic carboxylic acids is 2. The minimum absolute atomic E-state index is 0.264. The molecular formula is C16H23BrN2O6S. The lowest BCUT2D eigenvalue weighted by Gasteiger charge is -2.34. The molecule has 1 aliphatic heterocycles. The average molecular weight is 451 g/mol. The number of rotatable bonds is 5. The van der Waals surface area contributed by atoms with Crippen molar-refractivity contribution >= 4 is 37.9 Å². The first-order chi connectivity index (χ1) is 12.2. The average Bonchev–Trinajstić information content (AvgIpc) is 2.58. The maximum atomic E-state index is 12.0. The van der Waals surface area contributed by atoms with Crippen LogP contribution in [-0.2, 0) is 26.2 Å². The van der Waals surface area contributed by atoms with E-state index in [2.05, 4.69) is 33.0 Å². The minimum atomic E-state index is -3.03.